The molecule has 0 fully saturated rings. The van der Waals surface area contributed by atoms with Crippen LogP contribution >= 0.6 is 11.8 Å². The van der Waals surface area contributed by atoms with Crippen LogP contribution in [0.1, 0.15) is 0 Å². The van der Waals surface area contributed by atoms with Gasteiger partial charge in [-0.3, -0.25) is 0 Å². The van der Waals surface area contributed by atoms with Crippen LogP contribution in [0.15, 0.2) is 50.8 Å². The summed E-state index contributed by atoms with van der Waals surface area (Å²) in [4.78, 5) is 12.2. The smallest absolute Gasteiger partial charge is 0.243 e. The first-order valence-corrected chi connectivity index (χ1v) is 6.31. The molecule has 3 rings (SSSR count). The van der Waals surface area contributed by atoms with Crippen molar-refractivity contribution in [2.24, 2.45) is 0 Å². The fraction of sp³-hybridized carbons (Fsp3) is 0. The largest absolute Gasteiger partial charge is 0.347 e. The van der Waals surface area contributed by atoms with Gasteiger partial charge in [-0.1, -0.05) is 11.8 Å². The number of rotatable bonds is 3. The van der Waals surface area contributed by atoms with Gasteiger partial charge in [0.15, 0.2) is 5.52 Å². The lowest BCUT2D eigenvalue weighted by atomic mass is 10.3. The quantitative estimate of drug-likeness (QED) is 0.746. The lowest BCUT2D eigenvalue weighted by molar-refractivity contribution is -0.728. The van der Waals surface area contributed by atoms with E-state index < -0.39 is 0 Å². The minimum Gasteiger partial charge on any atom is -0.243 e. The monoisotopic (exact) mass is 292 g/mol. The van der Waals surface area contributed by atoms with Crippen LogP contribution in [-0.2, 0) is 0 Å². The van der Waals surface area contributed by atoms with Crippen LogP contribution in [0.4, 0.5) is 10.1 Å². The molecule has 100 valence electrons. The first-order chi connectivity index (χ1) is 9.65. The number of hydrogen-bond donors (Lipinski definition) is 1. The fourth-order valence-corrected chi connectivity index (χ4v) is 2.59. The van der Waals surface area contributed by atoms with E-state index in [9.17, 15) is 9.30 Å². The third-order valence-corrected chi connectivity index (χ3v) is 3.66. The van der Waals surface area contributed by atoms with Crippen LogP contribution in [0.3, 0.4) is 0 Å². The molecule has 0 atom stereocenters. The second-order valence-electron chi connectivity index (χ2n) is 3.87. The molecule has 0 radical (unpaired) electrons. The first kappa shape index (κ1) is 12.5. The van der Waals surface area contributed by atoms with Crippen molar-refractivity contribution in [3.8, 4) is 0 Å². The number of aromatic nitrogens is 2. The number of nitrogens with zero attached hydrogens (tertiary/aromatic N) is 3. The molecule has 0 unspecified atom stereocenters. The molecule has 0 saturated carbocycles. The molecule has 0 spiro atoms. The van der Waals surface area contributed by atoms with Crippen molar-refractivity contribution in [2.75, 3.05) is 0 Å². The van der Waals surface area contributed by atoms with E-state index in [1.165, 1.54) is 30.0 Å². The Kier molecular flexibility index (Phi) is 3.07. The van der Waals surface area contributed by atoms with E-state index in [1.54, 1.807) is 18.2 Å². The minimum atomic E-state index is -0.319. The van der Waals surface area contributed by atoms with Crippen molar-refractivity contribution in [1.82, 2.24) is 10.3 Å². The Morgan fingerprint density at radius 2 is 1.80 bits per heavy atom. The van der Waals surface area contributed by atoms with Gasteiger partial charge in [0.2, 0.25) is 5.52 Å². The van der Waals surface area contributed by atoms with Gasteiger partial charge in [0.05, 0.1) is 4.91 Å². The molecule has 0 aliphatic carbocycles. The zero-order chi connectivity index (χ0) is 14.1. The van der Waals surface area contributed by atoms with Gasteiger partial charge in [-0.15, -0.1) is 0 Å². The average Bonchev–Trinajstić information content (AvgIpc) is 2.91. The van der Waals surface area contributed by atoms with Crippen molar-refractivity contribution in [2.45, 2.75) is 9.79 Å². The van der Waals surface area contributed by atoms with Crippen molar-refractivity contribution in [1.29, 1.82) is 0 Å². The van der Waals surface area contributed by atoms with Gasteiger partial charge in [-0.05, 0) is 40.6 Å². The summed E-state index contributed by atoms with van der Waals surface area (Å²) in [6.07, 6.45) is 0. The van der Waals surface area contributed by atoms with Gasteiger partial charge >= 0.3 is 5.69 Å². The van der Waals surface area contributed by atoms with Gasteiger partial charge in [-0.25, -0.2) is 14.2 Å². The summed E-state index contributed by atoms with van der Waals surface area (Å²) in [7, 11) is 0. The molecular formula is C12H7FN3O3S+. The van der Waals surface area contributed by atoms with Gasteiger partial charge in [-0.2, -0.15) is 0 Å². The fourth-order valence-electron chi connectivity index (χ4n) is 1.70. The van der Waals surface area contributed by atoms with Crippen LogP contribution in [0, 0.1) is 10.7 Å². The van der Waals surface area contributed by atoms with E-state index >= 15 is 0 Å². The SMILES string of the molecule is O=[N+](O)c1ccc(Sc2ccc(F)cc2)c2nonc12. The van der Waals surface area contributed by atoms with Crippen molar-refractivity contribution in [3.05, 3.63) is 47.1 Å². The first-order valence-electron chi connectivity index (χ1n) is 5.50. The zero-order valence-corrected chi connectivity index (χ0v) is 10.7. The maximum atomic E-state index is 12.9. The summed E-state index contributed by atoms with van der Waals surface area (Å²) in [6, 6.07) is 8.96. The van der Waals surface area contributed by atoms with Crippen LogP contribution in [0.2, 0.25) is 0 Å². The summed E-state index contributed by atoms with van der Waals surface area (Å²) in [6.45, 7) is 0. The van der Waals surface area contributed by atoms with E-state index in [0.717, 1.165) is 4.90 Å². The van der Waals surface area contributed by atoms with Crippen molar-refractivity contribution in [3.63, 3.8) is 0 Å². The molecule has 3 aromatic rings. The number of fused-ring (bicyclic) bond motifs is 1. The number of benzene rings is 2. The van der Waals surface area contributed by atoms with Crippen LogP contribution in [0.25, 0.3) is 11.0 Å². The topological polar surface area (TPSA) is 79.2 Å². The molecule has 1 N–H and O–H groups in total. The molecule has 0 aliphatic heterocycles. The Morgan fingerprint density at radius 3 is 2.50 bits per heavy atom. The maximum absolute atomic E-state index is 12.9. The van der Waals surface area contributed by atoms with Gasteiger partial charge in [0.1, 0.15) is 5.82 Å². The Labute approximate surface area is 115 Å². The number of hydrogen-bond acceptors (Lipinski definition) is 5. The average molecular weight is 292 g/mol. The molecule has 0 aliphatic rings. The molecule has 6 nitrogen and oxygen atoms in total. The van der Waals surface area contributed by atoms with Crippen LogP contribution in [0.5, 0.6) is 0 Å². The molecule has 0 amide bonds. The van der Waals surface area contributed by atoms with E-state index in [-0.39, 0.29) is 21.9 Å². The predicted octanol–water partition coefficient (Wildman–Crippen LogP) is 3.31. The molecule has 1 aromatic heterocycles. The normalized spacial score (nSPS) is 10.8. The molecule has 0 saturated heterocycles. The second-order valence-corrected chi connectivity index (χ2v) is 4.99. The third-order valence-electron chi connectivity index (χ3n) is 2.60. The van der Waals surface area contributed by atoms with Gasteiger partial charge < -0.3 is 0 Å². The van der Waals surface area contributed by atoms with E-state index in [2.05, 4.69) is 14.9 Å². The van der Waals surface area contributed by atoms with Crippen molar-refractivity contribution >= 4 is 28.5 Å². The second kappa shape index (κ2) is 4.89. The maximum Gasteiger partial charge on any atom is 0.347 e. The summed E-state index contributed by atoms with van der Waals surface area (Å²) in [5.74, 6) is -0.319. The van der Waals surface area contributed by atoms with E-state index in [4.69, 9.17) is 5.21 Å². The molecule has 2 aromatic carbocycles. The van der Waals surface area contributed by atoms with E-state index in [1.807, 2.05) is 0 Å². The lowest BCUT2D eigenvalue weighted by Crippen LogP contribution is -1.93. The molecule has 0 bridgehead atoms. The Morgan fingerprint density at radius 1 is 1.10 bits per heavy atom. The van der Waals surface area contributed by atoms with Crippen LogP contribution in [-0.4, -0.2) is 20.4 Å². The summed E-state index contributed by atoms with van der Waals surface area (Å²) in [5.41, 5.74) is 0.464. The highest BCUT2D eigenvalue weighted by molar-refractivity contribution is 7.99. The summed E-state index contributed by atoms with van der Waals surface area (Å²) >= 11 is 1.32. The minimum absolute atomic E-state index is 0.0512. The molecule has 8 heteroatoms. The summed E-state index contributed by atoms with van der Waals surface area (Å²) in [5, 5.41) is 16.3. The number of halogens is 1. The highest BCUT2D eigenvalue weighted by Gasteiger charge is 2.23. The Bertz CT molecular complexity index is 788. The van der Waals surface area contributed by atoms with Crippen LogP contribution < -0.4 is 0 Å². The predicted molar refractivity (Wildman–Crippen MR) is 67.4 cm³/mol. The highest BCUT2D eigenvalue weighted by atomic mass is 32.2. The standard InChI is InChI=1S/C12H7FN3O3S/c13-7-1-3-8(4-2-7)20-10-6-5-9(16(17)18)11-12(10)15-19-14-11/h1-6H,(H,17,18)/q+1. The summed E-state index contributed by atoms with van der Waals surface area (Å²) < 4.78 is 17.5. The molecular weight excluding hydrogens is 285 g/mol. The van der Waals surface area contributed by atoms with Gasteiger partial charge in [0, 0.05) is 15.9 Å². The van der Waals surface area contributed by atoms with E-state index in [0.29, 0.717) is 10.4 Å². The Hall–Kier alpha value is -2.48. The van der Waals surface area contributed by atoms with Crippen molar-refractivity contribution < 1.29 is 19.2 Å². The Balaban J connectivity index is 2.04. The molecule has 20 heavy (non-hydrogen) atoms. The third kappa shape index (κ3) is 2.21. The lowest BCUT2D eigenvalue weighted by Gasteiger charge is -2.01. The van der Waals surface area contributed by atoms with Gasteiger partial charge in [0.25, 0.3) is 4.92 Å². The molecule has 1 heterocycles. The highest BCUT2D eigenvalue weighted by Crippen LogP contribution is 2.35. The zero-order valence-electron chi connectivity index (χ0n) is 9.86.